The molecule has 0 spiro atoms. The molecular formula is C23H25N7O4. The van der Waals surface area contributed by atoms with Crippen molar-refractivity contribution < 1.29 is 19.2 Å². The minimum absolute atomic E-state index is 0.174. The van der Waals surface area contributed by atoms with Crippen LogP contribution in [0.25, 0.3) is 5.69 Å². The highest BCUT2D eigenvalue weighted by atomic mass is 16.2. The van der Waals surface area contributed by atoms with Crippen LogP contribution in [0.2, 0.25) is 0 Å². The number of imide groups is 1. The van der Waals surface area contributed by atoms with Crippen molar-refractivity contribution >= 4 is 23.6 Å². The van der Waals surface area contributed by atoms with Gasteiger partial charge in [0.15, 0.2) is 5.69 Å². The Kier molecular flexibility index (Phi) is 4.76. The van der Waals surface area contributed by atoms with Gasteiger partial charge in [0.25, 0.3) is 11.8 Å². The maximum absolute atomic E-state index is 12.9. The molecule has 0 radical (unpaired) electrons. The average molecular weight is 463 g/mol. The lowest BCUT2D eigenvalue weighted by Crippen LogP contribution is -2.52. The summed E-state index contributed by atoms with van der Waals surface area (Å²) in [7, 11) is 0. The van der Waals surface area contributed by atoms with Crippen molar-refractivity contribution in [2.45, 2.75) is 50.2 Å². The summed E-state index contributed by atoms with van der Waals surface area (Å²) in [5, 5.41) is 13.7. The average Bonchev–Trinajstić information content (AvgIpc) is 3.50. The van der Waals surface area contributed by atoms with Gasteiger partial charge >= 0.3 is 0 Å². The van der Waals surface area contributed by atoms with E-state index in [1.807, 2.05) is 6.07 Å². The lowest BCUT2D eigenvalue weighted by atomic mass is 9.90. The molecule has 2 bridgehead atoms. The highest BCUT2D eigenvalue weighted by Gasteiger charge is 2.42. The van der Waals surface area contributed by atoms with Crippen LogP contribution in [0.1, 0.15) is 58.5 Å². The van der Waals surface area contributed by atoms with Gasteiger partial charge in [-0.3, -0.25) is 24.5 Å². The molecule has 3 atom stereocenters. The number of nitrogens with one attached hydrogen (secondary N) is 2. The molecule has 3 unspecified atom stereocenters. The minimum atomic E-state index is -0.659. The number of carbonyl (C=O) groups is 4. The molecule has 0 saturated carbocycles. The van der Waals surface area contributed by atoms with Crippen LogP contribution in [0.3, 0.4) is 0 Å². The van der Waals surface area contributed by atoms with Crippen LogP contribution in [0.4, 0.5) is 0 Å². The fourth-order valence-corrected chi connectivity index (χ4v) is 5.66. The quantitative estimate of drug-likeness (QED) is 0.611. The minimum Gasteiger partial charge on any atom is -0.344 e. The normalized spacial score (nSPS) is 28.1. The van der Waals surface area contributed by atoms with Gasteiger partial charge in [0.2, 0.25) is 11.8 Å². The van der Waals surface area contributed by atoms with E-state index in [1.165, 1.54) is 9.58 Å². The number of aromatic nitrogens is 3. The van der Waals surface area contributed by atoms with Crippen LogP contribution >= 0.6 is 0 Å². The Hall–Kier alpha value is -3.60. The van der Waals surface area contributed by atoms with Crippen LogP contribution in [0.5, 0.6) is 0 Å². The van der Waals surface area contributed by atoms with Crippen molar-refractivity contribution in [3.8, 4) is 5.69 Å². The molecule has 2 aromatic rings. The van der Waals surface area contributed by atoms with E-state index in [-0.39, 0.29) is 41.9 Å². The summed E-state index contributed by atoms with van der Waals surface area (Å²) in [5.41, 5.74) is 2.03. The fraction of sp³-hybridized carbons (Fsp3) is 0.478. The lowest BCUT2D eigenvalue weighted by Gasteiger charge is -2.34. The summed E-state index contributed by atoms with van der Waals surface area (Å²) in [6, 6.07) is 4.61. The van der Waals surface area contributed by atoms with Gasteiger partial charge < -0.3 is 15.1 Å². The van der Waals surface area contributed by atoms with E-state index in [0.717, 1.165) is 44.5 Å². The molecule has 3 saturated heterocycles. The van der Waals surface area contributed by atoms with Gasteiger partial charge in [0.1, 0.15) is 6.04 Å². The van der Waals surface area contributed by atoms with Crippen LogP contribution in [0, 0.1) is 0 Å². The number of carbonyl (C=O) groups excluding carboxylic acids is 4. The third kappa shape index (κ3) is 3.47. The van der Waals surface area contributed by atoms with Gasteiger partial charge in [-0.25, -0.2) is 4.68 Å². The molecule has 4 aliphatic rings. The Bertz CT molecular complexity index is 1220. The first-order valence-corrected chi connectivity index (χ1v) is 11.7. The standard InChI is InChI=1S/C23H25N7O4/c31-19-5-4-18(21(33)24-19)29-11-14-10-15(2-3-16(14)22(29)34)30-12-17(26-27-30)20(32)25-23-6-1-8-28(13-23)9-7-23/h2-3,10,12,18H,1,4-9,11,13H2,(H,25,32)(H,24,31,33). The van der Waals surface area contributed by atoms with Gasteiger partial charge in [-0.2, -0.15) is 0 Å². The van der Waals surface area contributed by atoms with Crippen molar-refractivity contribution in [1.82, 2.24) is 35.4 Å². The molecule has 11 heteroatoms. The number of hydrogen-bond donors (Lipinski definition) is 2. The predicted octanol–water partition coefficient (Wildman–Crippen LogP) is -0.00360. The van der Waals surface area contributed by atoms with Gasteiger partial charge in [0, 0.05) is 31.6 Å². The van der Waals surface area contributed by atoms with E-state index in [4.69, 9.17) is 0 Å². The molecule has 4 amide bonds. The van der Waals surface area contributed by atoms with Crippen LogP contribution < -0.4 is 10.6 Å². The second-order valence-electron chi connectivity index (χ2n) is 9.65. The van der Waals surface area contributed by atoms with Crippen molar-refractivity contribution in [2.75, 3.05) is 19.6 Å². The number of benzene rings is 1. The lowest BCUT2D eigenvalue weighted by molar-refractivity contribution is -0.136. The SMILES string of the molecule is O=C1CCC(N2Cc3cc(-n4cc(C(=O)NC56CCCN(CC5)C6)nn4)ccc3C2=O)C(=O)N1. The van der Waals surface area contributed by atoms with Gasteiger partial charge in [0.05, 0.1) is 17.4 Å². The first-order chi connectivity index (χ1) is 16.4. The molecule has 2 N–H and O–H groups in total. The van der Waals surface area contributed by atoms with Crippen molar-refractivity contribution in [2.24, 2.45) is 0 Å². The van der Waals surface area contributed by atoms with Gasteiger partial charge in [-0.05, 0) is 56.0 Å². The molecule has 1 aromatic carbocycles. The zero-order chi connectivity index (χ0) is 23.4. The monoisotopic (exact) mass is 463 g/mol. The number of hydrogen-bond acceptors (Lipinski definition) is 7. The second kappa shape index (κ2) is 7.73. The molecule has 6 rings (SSSR count). The molecule has 176 valence electrons. The largest absolute Gasteiger partial charge is 0.344 e. The second-order valence-corrected chi connectivity index (χ2v) is 9.65. The predicted molar refractivity (Wildman–Crippen MR) is 118 cm³/mol. The third-order valence-electron chi connectivity index (χ3n) is 7.44. The van der Waals surface area contributed by atoms with E-state index in [0.29, 0.717) is 17.7 Å². The Morgan fingerprint density at radius 3 is 2.91 bits per heavy atom. The number of rotatable bonds is 4. The summed E-state index contributed by atoms with van der Waals surface area (Å²) in [4.78, 5) is 53.3. The van der Waals surface area contributed by atoms with Crippen molar-refractivity contribution in [3.05, 3.63) is 41.2 Å². The van der Waals surface area contributed by atoms with Crippen LogP contribution in [0.15, 0.2) is 24.4 Å². The number of nitrogens with zero attached hydrogens (tertiary/aromatic N) is 5. The molecular weight excluding hydrogens is 438 g/mol. The van der Waals surface area contributed by atoms with E-state index in [9.17, 15) is 19.2 Å². The molecule has 3 fully saturated rings. The van der Waals surface area contributed by atoms with E-state index < -0.39 is 11.9 Å². The topological polar surface area (TPSA) is 130 Å². The highest BCUT2D eigenvalue weighted by Crippen LogP contribution is 2.32. The summed E-state index contributed by atoms with van der Waals surface area (Å²) in [6.45, 7) is 3.26. The molecule has 34 heavy (non-hydrogen) atoms. The Balaban J connectivity index is 1.18. The fourth-order valence-electron chi connectivity index (χ4n) is 5.66. The molecule has 4 aliphatic heterocycles. The van der Waals surface area contributed by atoms with E-state index in [1.54, 1.807) is 18.3 Å². The molecule has 11 nitrogen and oxygen atoms in total. The maximum Gasteiger partial charge on any atom is 0.273 e. The Morgan fingerprint density at radius 2 is 2.06 bits per heavy atom. The highest BCUT2D eigenvalue weighted by molar-refractivity contribution is 6.05. The molecule has 1 aromatic heterocycles. The third-order valence-corrected chi connectivity index (χ3v) is 7.44. The van der Waals surface area contributed by atoms with Crippen LogP contribution in [-0.2, 0) is 16.1 Å². The molecule has 0 aliphatic carbocycles. The van der Waals surface area contributed by atoms with Crippen LogP contribution in [-0.4, -0.2) is 79.6 Å². The van der Waals surface area contributed by atoms with E-state index >= 15 is 0 Å². The summed E-state index contributed by atoms with van der Waals surface area (Å²) < 4.78 is 1.52. The Morgan fingerprint density at radius 1 is 1.18 bits per heavy atom. The number of amides is 4. The van der Waals surface area contributed by atoms with E-state index in [2.05, 4.69) is 25.8 Å². The summed E-state index contributed by atoms with van der Waals surface area (Å²) >= 11 is 0. The first-order valence-electron chi connectivity index (χ1n) is 11.7. The zero-order valence-electron chi connectivity index (χ0n) is 18.6. The number of piperidine rings is 2. The zero-order valence-corrected chi connectivity index (χ0v) is 18.6. The number of fused-ring (bicyclic) bond motifs is 3. The summed E-state index contributed by atoms with van der Waals surface area (Å²) in [6.07, 6.45) is 5.14. The smallest absolute Gasteiger partial charge is 0.273 e. The van der Waals surface area contributed by atoms with Gasteiger partial charge in [-0.15, -0.1) is 5.10 Å². The molecule has 5 heterocycles. The van der Waals surface area contributed by atoms with Crippen molar-refractivity contribution in [3.63, 3.8) is 0 Å². The maximum atomic E-state index is 12.9. The summed E-state index contributed by atoms with van der Waals surface area (Å²) in [5.74, 6) is -1.21. The Labute approximate surface area is 195 Å². The van der Waals surface area contributed by atoms with Gasteiger partial charge in [-0.1, -0.05) is 5.21 Å². The van der Waals surface area contributed by atoms with Crippen molar-refractivity contribution in [1.29, 1.82) is 0 Å². The first kappa shape index (κ1) is 21.0.